The van der Waals surface area contributed by atoms with Gasteiger partial charge in [-0.1, -0.05) is 24.3 Å². The van der Waals surface area contributed by atoms with Gasteiger partial charge >= 0.3 is 0 Å². The summed E-state index contributed by atoms with van der Waals surface area (Å²) in [5.41, 5.74) is 4.88. The summed E-state index contributed by atoms with van der Waals surface area (Å²) in [5, 5.41) is 0. The zero-order valence-corrected chi connectivity index (χ0v) is 11.7. The van der Waals surface area contributed by atoms with Crippen molar-refractivity contribution in [3.63, 3.8) is 0 Å². The molecule has 0 aliphatic heterocycles. The van der Waals surface area contributed by atoms with Crippen LogP contribution in [-0.4, -0.2) is 15.0 Å². The van der Waals surface area contributed by atoms with Crippen molar-refractivity contribution in [1.29, 1.82) is 0 Å². The molecule has 0 amide bonds. The highest BCUT2D eigenvalue weighted by molar-refractivity contribution is 7.89. The Morgan fingerprint density at radius 2 is 1.94 bits per heavy atom. The monoisotopic (exact) mass is 265 g/mol. The second kappa shape index (κ2) is 6.55. The summed E-state index contributed by atoms with van der Waals surface area (Å²) in [6, 6.07) is 6.82. The minimum atomic E-state index is -3.38. The maximum Gasteiger partial charge on any atom is 0.240 e. The zero-order chi connectivity index (χ0) is 13.6. The largest absolute Gasteiger partial charge is 0.240 e. The predicted molar refractivity (Wildman–Crippen MR) is 73.9 cm³/mol. The van der Waals surface area contributed by atoms with Gasteiger partial charge in [0.05, 0.1) is 4.90 Å². The van der Waals surface area contributed by atoms with E-state index in [-0.39, 0.29) is 0 Å². The number of hydrogen-bond acceptors (Lipinski definition) is 2. The number of benzene rings is 1. The first kappa shape index (κ1) is 14.7. The molecular formula is C14H19NO2S. The molecule has 0 spiro atoms. The smallest absolute Gasteiger partial charge is 0.211 e. The van der Waals surface area contributed by atoms with Crippen molar-refractivity contribution in [3.8, 4) is 0 Å². The molecule has 0 aromatic heterocycles. The Morgan fingerprint density at radius 1 is 1.33 bits per heavy atom. The Balaban J connectivity index is 2.55. The Kier molecular flexibility index (Phi) is 5.35. The van der Waals surface area contributed by atoms with Gasteiger partial charge in [0.2, 0.25) is 10.0 Å². The first-order chi connectivity index (χ1) is 8.45. The normalized spacial score (nSPS) is 11.0. The molecule has 18 heavy (non-hydrogen) atoms. The molecule has 0 aliphatic rings. The summed E-state index contributed by atoms with van der Waals surface area (Å²) in [7, 11) is -3.38. The zero-order valence-electron chi connectivity index (χ0n) is 10.9. The Morgan fingerprint density at radius 3 is 2.50 bits per heavy atom. The lowest BCUT2D eigenvalue weighted by molar-refractivity contribution is 0.579. The van der Waals surface area contributed by atoms with Gasteiger partial charge < -0.3 is 0 Å². The van der Waals surface area contributed by atoms with Crippen LogP contribution in [0.5, 0.6) is 0 Å². The fourth-order valence-electron chi connectivity index (χ4n) is 1.45. The van der Waals surface area contributed by atoms with Crippen LogP contribution in [0.3, 0.4) is 0 Å². The summed E-state index contributed by atoms with van der Waals surface area (Å²) in [6.07, 6.45) is 1.55. The predicted octanol–water partition coefficient (Wildman–Crippen LogP) is 2.78. The third-order valence-electron chi connectivity index (χ3n) is 2.65. The molecule has 98 valence electrons. The molecule has 0 saturated heterocycles. The number of aryl methyl sites for hydroxylation is 1. The lowest BCUT2D eigenvalue weighted by atomic mass is 10.2. The van der Waals surface area contributed by atoms with Gasteiger partial charge in [-0.3, -0.25) is 0 Å². The summed E-state index contributed by atoms with van der Waals surface area (Å²) in [6.45, 7) is 7.83. The van der Waals surface area contributed by atoms with E-state index in [1.54, 1.807) is 24.3 Å². The Bertz CT molecular complexity index is 538. The van der Waals surface area contributed by atoms with Crippen LogP contribution in [0.4, 0.5) is 0 Å². The van der Waals surface area contributed by atoms with Crippen LogP contribution in [0.1, 0.15) is 25.3 Å². The van der Waals surface area contributed by atoms with Crippen LogP contribution >= 0.6 is 0 Å². The molecule has 3 nitrogen and oxygen atoms in total. The molecule has 0 fully saturated rings. The second-order valence-corrected chi connectivity index (χ2v) is 6.04. The summed E-state index contributed by atoms with van der Waals surface area (Å²) >= 11 is 0. The molecule has 4 heteroatoms. The van der Waals surface area contributed by atoms with Crippen molar-refractivity contribution in [2.45, 2.75) is 31.6 Å². The van der Waals surface area contributed by atoms with E-state index in [0.717, 1.165) is 24.0 Å². The van der Waals surface area contributed by atoms with E-state index in [1.165, 1.54) is 0 Å². The summed E-state index contributed by atoms with van der Waals surface area (Å²) in [4.78, 5) is 0.309. The van der Waals surface area contributed by atoms with Crippen molar-refractivity contribution < 1.29 is 8.42 Å². The van der Waals surface area contributed by atoms with E-state index in [4.69, 9.17) is 0 Å². The van der Waals surface area contributed by atoms with E-state index < -0.39 is 10.0 Å². The highest BCUT2D eigenvalue weighted by Gasteiger charge is 2.12. The van der Waals surface area contributed by atoms with Crippen LogP contribution in [0.2, 0.25) is 0 Å². The SMILES string of the molecule is C=C=C(C)CCCNS(=O)(=O)c1ccc(C)cc1. The van der Waals surface area contributed by atoms with Gasteiger partial charge in [0.15, 0.2) is 0 Å². The highest BCUT2D eigenvalue weighted by Crippen LogP contribution is 2.10. The fourth-order valence-corrected chi connectivity index (χ4v) is 2.52. The van der Waals surface area contributed by atoms with Gasteiger partial charge in [-0.05, 0) is 44.4 Å². The maximum atomic E-state index is 11.9. The van der Waals surface area contributed by atoms with Gasteiger partial charge in [-0.15, -0.1) is 5.73 Å². The number of allylic oxidation sites excluding steroid dienone is 1. The molecule has 0 bridgehead atoms. The molecule has 1 aromatic rings. The number of rotatable bonds is 6. The van der Waals surface area contributed by atoms with Crippen molar-refractivity contribution in [1.82, 2.24) is 4.72 Å². The van der Waals surface area contributed by atoms with E-state index in [0.29, 0.717) is 11.4 Å². The molecule has 0 atom stereocenters. The fraction of sp³-hybridized carbons (Fsp3) is 0.357. The molecule has 1 N–H and O–H groups in total. The molecule has 0 unspecified atom stereocenters. The number of sulfonamides is 1. The van der Waals surface area contributed by atoms with Crippen LogP contribution < -0.4 is 4.72 Å². The maximum absolute atomic E-state index is 11.9. The third kappa shape index (κ3) is 4.49. The average molecular weight is 265 g/mol. The standard InChI is InChI=1S/C14H19NO2S/c1-4-12(2)6-5-11-15-18(16,17)14-9-7-13(3)8-10-14/h7-10,15H,1,5-6,11H2,2-3H3. The minimum absolute atomic E-state index is 0.309. The summed E-state index contributed by atoms with van der Waals surface area (Å²) in [5.74, 6) is 0. The van der Waals surface area contributed by atoms with Gasteiger partial charge in [0.1, 0.15) is 0 Å². The molecule has 1 rings (SSSR count). The quantitative estimate of drug-likeness (QED) is 0.635. The first-order valence-corrected chi connectivity index (χ1v) is 7.36. The Hall–Kier alpha value is -1.35. The lowest BCUT2D eigenvalue weighted by Gasteiger charge is -2.06. The van der Waals surface area contributed by atoms with Crippen molar-refractivity contribution in [3.05, 3.63) is 47.7 Å². The van der Waals surface area contributed by atoms with E-state index in [1.807, 2.05) is 13.8 Å². The summed E-state index contributed by atoms with van der Waals surface area (Å²) < 4.78 is 26.4. The third-order valence-corrected chi connectivity index (χ3v) is 4.13. The molecule has 0 heterocycles. The lowest BCUT2D eigenvalue weighted by Crippen LogP contribution is -2.24. The minimum Gasteiger partial charge on any atom is -0.211 e. The molecule has 0 aliphatic carbocycles. The molecule has 0 radical (unpaired) electrons. The van der Waals surface area contributed by atoms with Gasteiger partial charge in [-0.2, -0.15) is 0 Å². The van der Waals surface area contributed by atoms with E-state index in [9.17, 15) is 8.42 Å². The first-order valence-electron chi connectivity index (χ1n) is 5.87. The number of hydrogen-bond donors (Lipinski definition) is 1. The molecule has 0 saturated carbocycles. The Labute approximate surface area is 109 Å². The van der Waals surface area contributed by atoms with E-state index in [2.05, 4.69) is 17.0 Å². The van der Waals surface area contributed by atoms with Crippen molar-refractivity contribution >= 4 is 10.0 Å². The molecule has 1 aromatic carbocycles. The molecular weight excluding hydrogens is 246 g/mol. The van der Waals surface area contributed by atoms with Crippen LogP contribution in [0.15, 0.2) is 47.0 Å². The topological polar surface area (TPSA) is 46.2 Å². The van der Waals surface area contributed by atoms with Crippen LogP contribution in [-0.2, 0) is 10.0 Å². The number of nitrogens with one attached hydrogen (secondary N) is 1. The van der Waals surface area contributed by atoms with Gasteiger partial charge in [-0.25, -0.2) is 13.1 Å². The average Bonchev–Trinajstić information content (AvgIpc) is 2.35. The van der Waals surface area contributed by atoms with Crippen molar-refractivity contribution in [2.24, 2.45) is 0 Å². The second-order valence-electron chi connectivity index (χ2n) is 4.27. The van der Waals surface area contributed by atoms with Gasteiger partial charge in [0.25, 0.3) is 0 Å². The van der Waals surface area contributed by atoms with Crippen LogP contribution in [0.25, 0.3) is 0 Å². The van der Waals surface area contributed by atoms with Gasteiger partial charge in [0, 0.05) is 6.54 Å². The highest BCUT2D eigenvalue weighted by atomic mass is 32.2. The van der Waals surface area contributed by atoms with Crippen LogP contribution in [0, 0.1) is 6.92 Å². The van der Waals surface area contributed by atoms with Crippen molar-refractivity contribution in [2.75, 3.05) is 6.54 Å². The van der Waals surface area contributed by atoms with E-state index >= 15 is 0 Å².